The summed E-state index contributed by atoms with van der Waals surface area (Å²) in [6, 6.07) is 4.33. The van der Waals surface area contributed by atoms with Crippen molar-refractivity contribution in [2.75, 3.05) is 18.5 Å². The molecule has 2 rings (SSSR count). The molecule has 1 N–H and O–H groups in total. The molecule has 1 aliphatic carbocycles. The van der Waals surface area contributed by atoms with Gasteiger partial charge in [0.15, 0.2) is 0 Å². The molecule has 4 heteroatoms. The fourth-order valence-electron chi connectivity index (χ4n) is 2.78. The van der Waals surface area contributed by atoms with Crippen molar-refractivity contribution in [2.45, 2.75) is 32.1 Å². The zero-order valence-electron chi connectivity index (χ0n) is 11.2. The number of rotatable bonds is 4. The summed E-state index contributed by atoms with van der Waals surface area (Å²) >= 11 is 0. The average Bonchev–Trinajstić information content (AvgIpc) is 2.39. The number of benzene rings is 1. The van der Waals surface area contributed by atoms with Gasteiger partial charge in [0.2, 0.25) is 0 Å². The van der Waals surface area contributed by atoms with Crippen LogP contribution in [0.4, 0.5) is 10.1 Å². The van der Waals surface area contributed by atoms with E-state index in [0.29, 0.717) is 5.92 Å². The first-order valence-corrected chi connectivity index (χ1v) is 6.82. The Bertz CT molecular complexity index is 455. The number of anilines is 1. The molecule has 0 unspecified atom stereocenters. The van der Waals surface area contributed by atoms with Crippen LogP contribution in [-0.2, 0) is 0 Å². The molecule has 0 saturated heterocycles. The van der Waals surface area contributed by atoms with Crippen molar-refractivity contribution in [1.29, 1.82) is 0 Å². The van der Waals surface area contributed by atoms with E-state index in [0.717, 1.165) is 12.2 Å². The van der Waals surface area contributed by atoms with Gasteiger partial charge in [0.25, 0.3) is 0 Å². The Hall–Kier alpha value is -1.58. The molecule has 1 aromatic carbocycles. The molecule has 1 aromatic rings. The van der Waals surface area contributed by atoms with Crippen LogP contribution in [0.2, 0.25) is 0 Å². The second-order valence-electron chi connectivity index (χ2n) is 5.35. The quantitative estimate of drug-likeness (QED) is 0.905. The van der Waals surface area contributed by atoms with Crippen LogP contribution in [0.5, 0.6) is 0 Å². The summed E-state index contributed by atoms with van der Waals surface area (Å²) < 4.78 is 13.6. The summed E-state index contributed by atoms with van der Waals surface area (Å²) in [5.41, 5.74) is 0.475. The number of hydrogen-bond acceptors (Lipinski definition) is 2. The minimum Gasteiger partial charge on any atom is -0.478 e. The summed E-state index contributed by atoms with van der Waals surface area (Å²) in [6.07, 6.45) is 6.36. The molecule has 1 fully saturated rings. The van der Waals surface area contributed by atoms with Crippen molar-refractivity contribution in [1.82, 2.24) is 0 Å². The molecule has 0 aromatic heterocycles. The maximum Gasteiger partial charge on any atom is 0.338 e. The van der Waals surface area contributed by atoms with Gasteiger partial charge in [-0.25, -0.2) is 9.18 Å². The zero-order valence-corrected chi connectivity index (χ0v) is 11.2. The van der Waals surface area contributed by atoms with Crippen LogP contribution in [0, 0.1) is 11.7 Å². The first-order chi connectivity index (χ1) is 9.08. The van der Waals surface area contributed by atoms with E-state index in [9.17, 15) is 9.18 Å². The van der Waals surface area contributed by atoms with Gasteiger partial charge in [-0.2, -0.15) is 0 Å². The molecule has 0 heterocycles. The topological polar surface area (TPSA) is 40.5 Å². The molecule has 0 bridgehead atoms. The standard InChI is InChI=1S/C15H20FNO2/c1-17(10-11-5-3-2-4-6-11)12-7-8-13(15(18)19)14(16)9-12/h7-9,11H,2-6,10H2,1H3,(H,18,19). The van der Waals surface area contributed by atoms with Gasteiger partial charge in [0.05, 0.1) is 5.56 Å². The fraction of sp³-hybridized carbons (Fsp3) is 0.533. The van der Waals surface area contributed by atoms with Crippen molar-refractivity contribution >= 4 is 11.7 Å². The summed E-state index contributed by atoms with van der Waals surface area (Å²) in [6.45, 7) is 0.909. The minimum absolute atomic E-state index is 0.269. The lowest BCUT2D eigenvalue weighted by molar-refractivity contribution is 0.0692. The molecule has 0 amide bonds. The largest absolute Gasteiger partial charge is 0.478 e. The predicted molar refractivity (Wildman–Crippen MR) is 73.2 cm³/mol. The van der Waals surface area contributed by atoms with Crippen LogP contribution in [0.15, 0.2) is 18.2 Å². The number of carboxylic acids is 1. The lowest BCUT2D eigenvalue weighted by atomic mass is 9.89. The van der Waals surface area contributed by atoms with E-state index in [-0.39, 0.29) is 5.56 Å². The Morgan fingerprint density at radius 1 is 1.37 bits per heavy atom. The van der Waals surface area contributed by atoms with Crippen LogP contribution in [-0.4, -0.2) is 24.7 Å². The van der Waals surface area contributed by atoms with E-state index >= 15 is 0 Å². The fourth-order valence-corrected chi connectivity index (χ4v) is 2.78. The number of carboxylic acid groups (broad SMARTS) is 1. The van der Waals surface area contributed by atoms with Gasteiger partial charge in [0.1, 0.15) is 5.82 Å². The van der Waals surface area contributed by atoms with Gasteiger partial charge < -0.3 is 10.0 Å². The third kappa shape index (κ3) is 3.46. The Morgan fingerprint density at radius 2 is 2.05 bits per heavy atom. The van der Waals surface area contributed by atoms with Crippen LogP contribution in [0.1, 0.15) is 42.5 Å². The molecular weight excluding hydrogens is 245 g/mol. The van der Waals surface area contributed by atoms with E-state index in [1.807, 2.05) is 11.9 Å². The molecule has 3 nitrogen and oxygen atoms in total. The number of aromatic carboxylic acids is 1. The second kappa shape index (κ2) is 6.04. The van der Waals surface area contributed by atoms with Gasteiger partial charge in [-0.05, 0) is 37.0 Å². The van der Waals surface area contributed by atoms with Crippen molar-refractivity contribution in [3.8, 4) is 0 Å². The van der Waals surface area contributed by atoms with E-state index in [1.165, 1.54) is 44.2 Å². The molecule has 0 radical (unpaired) electrons. The zero-order chi connectivity index (χ0) is 13.8. The maximum atomic E-state index is 13.6. The molecule has 0 aliphatic heterocycles. The van der Waals surface area contributed by atoms with Gasteiger partial charge in [-0.1, -0.05) is 19.3 Å². The monoisotopic (exact) mass is 265 g/mol. The lowest BCUT2D eigenvalue weighted by Gasteiger charge is -2.28. The summed E-state index contributed by atoms with van der Waals surface area (Å²) in [5.74, 6) is -1.22. The van der Waals surface area contributed by atoms with Crippen LogP contribution >= 0.6 is 0 Å². The Labute approximate surface area is 113 Å². The second-order valence-corrected chi connectivity index (χ2v) is 5.35. The van der Waals surface area contributed by atoms with Gasteiger partial charge in [-0.3, -0.25) is 0 Å². The smallest absolute Gasteiger partial charge is 0.338 e. The molecule has 1 aliphatic rings. The molecule has 0 atom stereocenters. The van der Waals surface area contributed by atoms with E-state index in [1.54, 1.807) is 6.07 Å². The van der Waals surface area contributed by atoms with E-state index in [4.69, 9.17) is 5.11 Å². The molecule has 1 saturated carbocycles. The van der Waals surface area contributed by atoms with E-state index < -0.39 is 11.8 Å². The highest BCUT2D eigenvalue weighted by Gasteiger charge is 2.17. The summed E-state index contributed by atoms with van der Waals surface area (Å²) in [7, 11) is 1.93. The van der Waals surface area contributed by atoms with Crippen molar-refractivity contribution in [3.63, 3.8) is 0 Å². The Morgan fingerprint density at radius 3 is 2.63 bits per heavy atom. The highest BCUT2D eigenvalue weighted by atomic mass is 19.1. The van der Waals surface area contributed by atoms with Crippen molar-refractivity contribution in [2.24, 2.45) is 5.92 Å². The third-order valence-electron chi connectivity index (χ3n) is 3.88. The predicted octanol–water partition coefficient (Wildman–Crippen LogP) is 3.54. The number of hydrogen-bond donors (Lipinski definition) is 1. The highest BCUT2D eigenvalue weighted by molar-refractivity contribution is 5.88. The van der Waals surface area contributed by atoms with Crippen LogP contribution in [0.3, 0.4) is 0 Å². The van der Waals surface area contributed by atoms with Gasteiger partial charge >= 0.3 is 5.97 Å². The summed E-state index contributed by atoms with van der Waals surface area (Å²) in [5, 5.41) is 8.80. The first-order valence-electron chi connectivity index (χ1n) is 6.82. The highest BCUT2D eigenvalue weighted by Crippen LogP contribution is 2.26. The van der Waals surface area contributed by atoms with E-state index in [2.05, 4.69) is 0 Å². The van der Waals surface area contributed by atoms with Crippen LogP contribution < -0.4 is 4.90 Å². The van der Waals surface area contributed by atoms with Crippen LogP contribution in [0.25, 0.3) is 0 Å². The Kier molecular flexibility index (Phi) is 4.40. The molecule has 104 valence electrons. The molecular formula is C15H20FNO2. The maximum absolute atomic E-state index is 13.6. The number of nitrogens with zero attached hydrogens (tertiary/aromatic N) is 1. The molecule has 0 spiro atoms. The minimum atomic E-state index is -1.22. The lowest BCUT2D eigenvalue weighted by Crippen LogP contribution is -2.26. The summed E-state index contributed by atoms with van der Waals surface area (Å²) in [4.78, 5) is 12.8. The van der Waals surface area contributed by atoms with Gasteiger partial charge in [-0.15, -0.1) is 0 Å². The third-order valence-corrected chi connectivity index (χ3v) is 3.88. The first kappa shape index (κ1) is 13.8. The van der Waals surface area contributed by atoms with Gasteiger partial charge in [0, 0.05) is 19.3 Å². The van der Waals surface area contributed by atoms with Crippen molar-refractivity contribution in [3.05, 3.63) is 29.6 Å². The molecule has 19 heavy (non-hydrogen) atoms. The number of halogens is 1. The number of carbonyl (C=O) groups is 1. The van der Waals surface area contributed by atoms with Crippen molar-refractivity contribution < 1.29 is 14.3 Å². The Balaban J connectivity index is 2.04. The normalized spacial score (nSPS) is 16.3. The average molecular weight is 265 g/mol. The SMILES string of the molecule is CN(CC1CCCCC1)c1ccc(C(=O)O)c(F)c1.